The first-order valence-corrected chi connectivity index (χ1v) is 5.59. The van der Waals surface area contributed by atoms with Crippen molar-refractivity contribution >= 4 is 36.2 Å². The Kier molecular flexibility index (Phi) is 1.81. The molecule has 0 saturated heterocycles. The molecule has 0 amide bonds. The number of hydrogen-bond donors (Lipinski definition) is 0. The zero-order valence-corrected chi connectivity index (χ0v) is 8.77. The molecule has 0 unspecified atom stereocenters. The minimum absolute atomic E-state index is 0.623. The van der Waals surface area contributed by atoms with Crippen LogP contribution in [0.3, 0.4) is 0 Å². The Bertz CT molecular complexity index is 493. The Balaban J connectivity index is 2.16. The fraction of sp³-hybridized carbons (Fsp3) is 0.111. The maximum Gasteiger partial charge on any atom is 0.240 e. The van der Waals surface area contributed by atoms with Gasteiger partial charge >= 0.3 is 0 Å². The van der Waals surface area contributed by atoms with Gasteiger partial charge in [0.2, 0.25) is 5.96 Å². The average Bonchev–Trinajstić information content (AvgIpc) is 2.29. The highest BCUT2D eigenvalue weighted by atomic mass is 32.2. The smallest absolute Gasteiger partial charge is 0.240 e. The topological polar surface area (TPSA) is 52.7 Å². The lowest BCUT2D eigenvalue weighted by atomic mass is 10.3. The van der Waals surface area contributed by atoms with E-state index in [9.17, 15) is 0 Å². The summed E-state index contributed by atoms with van der Waals surface area (Å²) < 4.78 is 0. The molecule has 0 aromatic heterocycles. The van der Waals surface area contributed by atoms with Crippen molar-refractivity contribution in [3.63, 3.8) is 0 Å². The van der Waals surface area contributed by atoms with Crippen LogP contribution in [0.15, 0.2) is 42.8 Å². The second-order valence-electron chi connectivity index (χ2n) is 2.99. The standard InChI is InChI=1S/C9H7N5S/c1-15-6-2-7-10-4-12-9-13-5-11-8(3-6)14(7)9/h2-5H,1H3. The third-order valence-corrected chi connectivity index (χ3v) is 2.87. The van der Waals surface area contributed by atoms with Crippen LogP contribution in [0.25, 0.3) is 0 Å². The van der Waals surface area contributed by atoms with E-state index >= 15 is 0 Å². The third kappa shape index (κ3) is 1.25. The monoisotopic (exact) mass is 217 g/mol. The highest BCUT2D eigenvalue weighted by Crippen LogP contribution is 2.27. The van der Waals surface area contributed by atoms with Crippen LogP contribution in [-0.2, 0) is 0 Å². The van der Waals surface area contributed by atoms with Crippen LogP contribution in [-0.4, -0.2) is 35.6 Å². The van der Waals surface area contributed by atoms with Crippen LogP contribution in [0.1, 0.15) is 0 Å². The molecule has 0 atom stereocenters. The van der Waals surface area contributed by atoms with E-state index in [0.717, 1.165) is 16.6 Å². The molecule has 0 aromatic carbocycles. The van der Waals surface area contributed by atoms with Crippen molar-refractivity contribution in [1.29, 1.82) is 0 Å². The van der Waals surface area contributed by atoms with Crippen molar-refractivity contribution in [2.45, 2.75) is 0 Å². The van der Waals surface area contributed by atoms with Gasteiger partial charge in [0.25, 0.3) is 0 Å². The molecule has 3 heterocycles. The van der Waals surface area contributed by atoms with Crippen LogP contribution in [0.4, 0.5) is 0 Å². The summed E-state index contributed by atoms with van der Waals surface area (Å²) in [5, 5.41) is 0. The Labute approximate surface area is 90.7 Å². The van der Waals surface area contributed by atoms with Gasteiger partial charge in [-0.2, -0.15) is 0 Å². The maximum absolute atomic E-state index is 4.20. The Morgan fingerprint density at radius 2 is 2.00 bits per heavy atom. The van der Waals surface area contributed by atoms with Crippen molar-refractivity contribution in [3.05, 3.63) is 22.9 Å². The molecule has 0 fully saturated rings. The largest absolute Gasteiger partial charge is 0.246 e. The van der Waals surface area contributed by atoms with Crippen molar-refractivity contribution < 1.29 is 0 Å². The first-order valence-electron chi connectivity index (χ1n) is 4.37. The fourth-order valence-electron chi connectivity index (χ4n) is 1.48. The Morgan fingerprint density at radius 3 is 2.87 bits per heavy atom. The minimum atomic E-state index is 0.623. The van der Waals surface area contributed by atoms with Crippen LogP contribution in [0.5, 0.6) is 0 Å². The number of thioether (sulfide) groups is 1. The summed E-state index contributed by atoms with van der Waals surface area (Å²) in [6, 6.07) is 0. The molecule has 0 aromatic rings. The van der Waals surface area contributed by atoms with E-state index < -0.39 is 0 Å². The molecule has 3 aliphatic rings. The van der Waals surface area contributed by atoms with E-state index in [2.05, 4.69) is 20.0 Å². The van der Waals surface area contributed by atoms with Gasteiger partial charge in [-0.05, 0) is 18.4 Å². The van der Waals surface area contributed by atoms with Gasteiger partial charge in [0.15, 0.2) is 0 Å². The van der Waals surface area contributed by atoms with Gasteiger partial charge in [0.1, 0.15) is 24.3 Å². The number of aliphatic imine (C=N–C) groups is 4. The highest BCUT2D eigenvalue weighted by Gasteiger charge is 2.27. The second kappa shape index (κ2) is 3.16. The molecule has 6 heteroatoms. The number of amidine groups is 1. The molecular weight excluding hydrogens is 210 g/mol. The first-order chi connectivity index (χ1) is 7.38. The molecule has 0 N–H and O–H groups in total. The molecule has 0 aliphatic carbocycles. The van der Waals surface area contributed by atoms with E-state index in [4.69, 9.17) is 0 Å². The van der Waals surface area contributed by atoms with Gasteiger partial charge in [-0.15, -0.1) is 11.8 Å². The van der Waals surface area contributed by atoms with Gasteiger partial charge < -0.3 is 0 Å². The van der Waals surface area contributed by atoms with Crippen LogP contribution in [0.2, 0.25) is 0 Å². The molecule has 5 nitrogen and oxygen atoms in total. The lowest BCUT2D eigenvalue weighted by Gasteiger charge is -2.29. The molecule has 0 radical (unpaired) electrons. The van der Waals surface area contributed by atoms with Gasteiger partial charge in [-0.25, -0.2) is 24.9 Å². The molecule has 0 bridgehead atoms. The molecule has 0 saturated carbocycles. The second-order valence-corrected chi connectivity index (χ2v) is 3.87. The highest BCUT2D eigenvalue weighted by molar-refractivity contribution is 8.02. The summed E-state index contributed by atoms with van der Waals surface area (Å²) in [5.41, 5.74) is 0. The SMILES string of the molecule is CSC1=CC2=NC=NC3=NC=NC(=C1)N23. The average molecular weight is 217 g/mol. The summed E-state index contributed by atoms with van der Waals surface area (Å²) in [5.74, 6) is 2.27. The summed E-state index contributed by atoms with van der Waals surface area (Å²) in [6.45, 7) is 0. The molecule has 3 rings (SSSR count). The van der Waals surface area contributed by atoms with Crippen LogP contribution in [0, 0.1) is 0 Å². The van der Waals surface area contributed by atoms with E-state index in [1.54, 1.807) is 11.8 Å². The van der Waals surface area contributed by atoms with Crippen LogP contribution >= 0.6 is 11.8 Å². The van der Waals surface area contributed by atoms with Gasteiger partial charge in [0.05, 0.1) is 0 Å². The maximum atomic E-state index is 4.20. The summed E-state index contributed by atoms with van der Waals surface area (Å²) in [7, 11) is 0. The van der Waals surface area contributed by atoms with Crippen molar-refractivity contribution in [2.24, 2.45) is 20.0 Å². The van der Waals surface area contributed by atoms with Crippen LogP contribution < -0.4 is 0 Å². The third-order valence-electron chi connectivity index (χ3n) is 2.16. The van der Waals surface area contributed by atoms with E-state index in [0.29, 0.717) is 5.96 Å². The minimum Gasteiger partial charge on any atom is -0.246 e. The fourth-order valence-corrected chi connectivity index (χ4v) is 1.93. The Hall–Kier alpha value is -1.69. The number of rotatable bonds is 1. The predicted octanol–water partition coefficient (Wildman–Crippen LogP) is 1.23. The zero-order valence-electron chi connectivity index (χ0n) is 7.95. The number of hydrogen-bond acceptors (Lipinski definition) is 6. The first kappa shape index (κ1) is 8.60. The normalized spacial score (nSPS) is 21.5. The lowest BCUT2D eigenvalue weighted by Crippen LogP contribution is -2.39. The zero-order chi connectivity index (χ0) is 10.3. The molecule has 0 spiro atoms. The van der Waals surface area contributed by atoms with Gasteiger partial charge in [-0.1, -0.05) is 0 Å². The molecule has 15 heavy (non-hydrogen) atoms. The molecule has 74 valence electrons. The Morgan fingerprint density at radius 1 is 1.13 bits per heavy atom. The predicted molar refractivity (Wildman–Crippen MR) is 63.4 cm³/mol. The number of nitrogens with zero attached hydrogens (tertiary/aromatic N) is 5. The van der Waals surface area contributed by atoms with Gasteiger partial charge in [-0.3, -0.25) is 0 Å². The summed E-state index contributed by atoms with van der Waals surface area (Å²) in [6.07, 6.45) is 9.05. The molecular formula is C9H7N5S. The summed E-state index contributed by atoms with van der Waals surface area (Å²) in [4.78, 5) is 19.5. The summed E-state index contributed by atoms with van der Waals surface area (Å²) >= 11 is 1.66. The molecule has 3 aliphatic heterocycles. The number of guanidine groups is 1. The van der Waals surface area contributed by atoms with E-state index in [1.165, 1.54) is 12.7 Å². The van der Waals surface area contributed by atoms with Crippen molar-refractivity contribution in [2.75, 3.05) is 6.26 Å². The number of allylic oxidation sites excluding steroid dienone is 1. The van der Waals surface area contributed by atoms with E-state index in [-0.39, 0.29) is 0 Å². The lowest BCUT2D eigenvalue weighted by molar-refractivity contribution is 0.714. The van der Waals surface area contributed by atoms with E-state index in [1.807, 2.05) is 23.3 Å². The van der Waals surface area contributed by atoms with Gasteiger partial charge in [0, 0.05) is 4.91 Å². The van der Waals surface area contributed by atoms with Crippen molar-refractivity contribution in [3.8, 4) is 0 Å². The van der Waals surface area contributed by atoms with Crippen molar-refractivity contribution in [1.82, 2.24) is 4.90 Å². The quantitative estimate of drug-likeness (QED) is 0.663.